The molecule has 0 aliphatic rings. The molecule has 0 amide bonds. The molecule has 0 aliphatic carbocycles. The fraction of sp³-hybridized carbons (Fsp3) is 0.429. The van der Waals surface area contributed by atoms with Crippen LogP contribution in [-0.4, -0.2) is 43.8 Å². The molecular formula is C21H31IN4O2. The highest BCUT2D eigenvalue weighted by Crippen LogP contribution is 2.19. The molecule has 28 heavy (non-hydrogen) atoms. The summed E-state index contributed by atoms with van der Waals surface area (Å²) in [5.41, 5.74) is 2.24. The number of ether oxygens (including phenoxy) is 2. The number of guanidine groups is 1. The number of aliphatic imine (C=N–C) groups is 1. The van der Waals surface area contributed by atoms with Crippen LogP contribution in [0.15, 0.2) is 47.6 Å². The van der Waals surface area contributed by atoms with Gasteiger partial charge in [-0.1, -0.05) is 12.1 Å². The summed E-state index contributed by atoms with van der Waals surface area (Å²) in [6.07, 6.45) is 2.77. The number of benzene rings is 1. The normalized spacial score (nSPS) is 11.9. The van der Waals surface area contributed by atoms with Gasteiger partial charge in [-0.2, -0.15) is 0 Å². The molecule has 2 N–H and O–H groups in total. The first-order chi connectivity index (χ1) is 13.1. The SMILES string of the molecule is CCNC(=NCC(C)Oc1cccc(OC)c1)NCCc1ccc(C)nc1.I. The lowest BCUT2D eigenvalue weighted by atomic mass is 10.2. The second-order valence-corrected chi connectivity index (χ2v) is 6.31. The summed E-state index contributed by atoms with van der Waals surface area (Å²) in [5, 5.41) is 6.62. The molecule has 0 bridgehead atoms. The van der Waals surface area contributed by atoms with Crippen molar-refractivity contribution in [3.8, 4) is 11.5 Å². The first-order valence-corrected chi connectivity index (χ1v) is 9.35. The largest absolute Gasteiger partial charge is 0.497 e. The second-order valence-electron chi connectivity index (χ2n) is 6.31. The van der Waals surface area contributed by atoms with Gasteiger partial charge in [-0.15, -0.1) is 24.0 Å². The van der Waals surface area contributed by atoms with Gasteiger partial charge in [0, 0.05) is 31.0 Å². The van der Waals surface area contributed by atoms with Crippen LogP contribution in [0.1, 0.15) is 25.1 Å². The minimum absolute atomic E-state index is 0. The molecule has 0 radical (unpaired) electrons. The maximum absolute atomic E-state index is 5.92. The summed E-state index contributed by atoms with van der Waals surface area (Å²) in [7, 11) is 1.65. The van der Waals surface area contributed by atoms with Crippen molar-refractivity contribution in [2.75, 3.05) is 26.7 Å². The van der Waals surface area contributed by atoms with E-state index < -0.39 is 0 Å². The molecule has 2 rings (SSSR count). The van der Waals surface area contributed by atoms with Gasteiger partial charge in [-0.25, -0.2) is 4.99 Å². The van der Waals surface area contributed by atoms with E-state index in [0.29, 0.717) is 6.54 Å². The molecule has 0 spiro atoms. The molecule has 2 aromatic rings. The van der Waals surface area contributed by atoms with E-state index >= 15 is 0 Å². The smallest absolute Gasteiger partial charge is 0.191 e. The van der Waals surface area contributed by atoms with E-state index in [-0.39, 0.29) is 30.1 Å². The van der Waals surface area contributed by atoms with Crippen LogP contribution in [-0.2, 0) is 6.42 Å². The molecule has 7 heteroatoms. The van der Waals surface area contributed by atoms with Gasteiger partial charge in [-0.3, -0.25) is 4.98 Å². The Kier molecular flexibility index (Phi) is 11.3. The predicted octanol–water partition coefficient (Wildman–Crippen LogP) is 3.58. The van der Waals surface area contributed by atoms with Crippen molar-refractivity contribution in [1.82, 2.24) is 15.6 Å². The van der Waals surface area contributed by atoms with Crippen LogP contribution in [0.5, 0.6) is 11.5 Å². The quantitative estimate of drug-likeness (QED) is 0.314. The van der Waals surface area contributed by atoms with Gasteiger partial charge in [-0.05, 0) is 51.0 Å². The summed E-state index contributed by atoms with van der Waals surface area (Å²) < 4.78 is 11.1. The van der Waals surface area contributed by atoms with Crippen molar-refractivity contribution >= 4 is 29.9 Å². The number of aryl methyl sites for hydroxylation is 1. The molecule has 0 fully saturated rings. The van der Waals surface area contributed by atoms with Gasteiger partial charge in [0.15, 0.2) is 5.96 Å². The first kappa shape index (κ1) is 24.0. The van der Waals surface area contributed by atoms with Gasteiger partial charge in [0.05, 0.1) is 13.7 Å². The maximum atomic E-state index is 5.92. The van der Waals surface area contributed by atoms with E-state index in [1.807, 2.05) is 50.4 Å². The fourth-order valence-corrected chi connectivity index (χ4v) is 2.48. The number of nitrogens with one attached hydrogen (secondary N) is 2. The van der Waals surface area contributed by atoms with Crippen LogP contribution in [0, 0.1) is 6.92 Å². The minimum Gasteiger partial charge on any atom is -0.497 e. The molecule has 1 aromatic heterocycles. The highest BCUT2D eigenvalue weighted by Gasteiger charge is 2.06. The molecule has 0 saturated heterocycles. The third-order valence-corrected chi connectivity index (χ3v) is 3.91. The topological polar surface area (TPSA) is 67.8 Å². The van der Waals surface area contributed by atoms with Gasteiger partial charge < -0.3 is 20.1 Å². The Morgan fingerprint density at radius 2 is 1.96 bits per heavy atom. The van der Waals surface area contributed by atoms with Crippen LogP contribution < -0.4 is 20.1 Å². The summed E-state index contributed by atoms with van der Waals surface area (Å²) in [5.74, 6) is 2.35. The Hall–Kier alpha value is -2.03. The monoisotopic (exact) mass is 498 g/mol. The lowest BCUT2D eigenvalue weighted by Gasteiger charge is -2.15. The number of rotatable bonds is 9. The number of pyridine rings is 1. The van der Waals surface area contributed by atoms with Gasteiger partial charge in [0.1, 0.15) is 17.6 Å². The number of aromatic nitrogens is 1. The number of hydrogen-bond acceptors (Lipinski definition) is 4. The lowest BCUT2D eigenvalue weighted by Crippen LogP contribution is -2.39. The zero-order valence-electron chi connectivity index (χ0n) is 17.1. The van der Waals surface area contributed by atoms with E-state index in [9.17, 15) is 0 Å². The summed E-state index contributed by atoms with van der Waals surface area (Å²) in [4.78, 5) is 8.95. The number of methoxy groups -OCH3 is 1. The van der Waals surface area contributed by atoms with E-state index in [1.54, 1.807) is 7.11 Å². The number of hydrogen-bond donors (Lipinski definition) is 2. The third kappa shape index (κ3) is 8.77. The van der Waals surface area contributed by atoms with Crippen LogP contribution in [0.3, 0.4) is 0 Å². The zero-order chi connectivity index (χ0) is 19.5. The molecule has 1 heterocycles. The fourth-order valence-electron chi connectivity index (χ4n) is 2.48. The Bertz CT molecular complexity index is 723. The molecule has 0 aliphatic heterocycles. The van der Waals surface area contributed by atoms with Crippen molar-refractivity contribution < 1.29 is 9.47 Å². The summed E-state index contributed by atoms with van der Waals surface area (Å²) in [6.45, 7) is 8.21. The first-order valence-electron chi connectivity index (χ1n) is 9.35. The van der Waals surface area contributed by atoms with Crippen LogP contribution >= 0.6 is 24.0 Å². The number of halogens is 1. The predicted molar refractivity (Wildman–Crippen MR) is 125 cm³/mol. The zero-order valence-corrected chi connectivity index (χ0v) is 19.4. The molecule has 1 unspecified atom stereocenters. The highest BCUT2D eigenvalue weighted by atomic mass is 127. The Morgan fingerprint density at radius 1 is 1.18 bits per heavy atom. The average molecular weight is 498 g/mol. The summed E-state index contributed by atoms with van der Waals surface area (Å²) >= 11 is 0. The highest BCUT2D eigenvalue weighted by molar-refractivity contribution is 14.0. The summed E-state index contributed by atoms with van der Waals surface area (Å²) in [6, 6.07) is 11.7. The van der Waals surface area contributed by atoms with Crippen molar-refractivity contribution in [2.24, 2.45) is 4.99 Å². The minimum atomic E-state index is -0.0474. The van der Waals surface area contributed by atoms with Gasteiger partial charge >= 0.3 is 0 Å². The third-order valence-electron chi connectivity index (χ3n) is 3.91. The molecule has 1 aromatic carbocycles. The lowest BCUT2D eigenvalue weighted by molar-refractivity contribution is 0.229. The van der Waals surface area contributed by atoms with Gasteiger partial charge in [0.25, 0.3) is 0 Å². The Morgan fingerprint density at radius 3 is 2.64 bits per heavy atom. The molecule has 6 nitrogen and oxygen atoms in total. The van der Waals surface area contributed by atoms with Crippen LogP contribution in [0.4, 0.5) is 0 Å². The van der Waals surface area contributed by atoms with E-state index in [2.05, 4.69) is 33.6 Å². The van der Waals surface area contributed by atoms with Crippen LogP contribution in [0.25, 0.3) is 0 Å². The molecular weight excluding hydrogens is 467 g/mol. The van der Waals surface area contributed by atoms with Crippen molar-refractivity contribution in [2.45, 2.75) is 33.3 Å². The van der Waals surface area contributed by atoms with Gasteiger partial charge in [0.2, 0.25) is 0 Å². The Balaban J connectivity index is 0.00000392. The van der Waals surface area contributed by atoms with Crippen molar-refractivity contribution in [3.05, 3.63) is 53.9 Å². The van der Waals surface area contributed by atoms with E-state index in [1.165, 1.54) is 5.56 Å². The second kappa shape index (κ2) is 13.2. The van der Waals surface area contributed by atoms with Crippen LogP contribution in [0.2, 0.25) is 0 Å². The van der Waals surface area contributed by atoms with E-state index in [4.69, 9.17) is 9.47 Å². The van der Waals surface area contributed by atoms with E-state index in [0.717, 1.165) is 42.7 Å². The maximum Gasteiger partial charge on any atom is 0.191 e. The van der Waals surface area contributed by atoms with Crippen molar-refractivity contribution in [1.29, 1.82) is 0 Å². The van der Waals surface area contributed by atoms with Crippen molar-refractivity contribution in [3.63, 3.8) is 0 Å². The Labute approximate surface area is 185 Å². The standard InChI is InChI=1S/C21H30N4O2.HI/c1-5-22-21(23-12-11-18-10-9-16(2)24-15-18)25-14-17(3)27-20-8-6-7-19(13-20)26-4;/h6-10,13,15,17H,5,11-12,14H2,1-4H3,(H2,22,23,25);1H. The number of nitrogens with zero attached hydrogens (tertiary/aromatic N) is 2. The molecule has 1 atom stereocenters. The molecule has 0 saturated carbocycles. The molecule has 154 valence electrons. The average Bonchev–Trinajstić information content (AvgIpc) is 2.68.